The SMILES string of the molecule is C.C.CCN(C)Cc1ccc(C)nc1. The average Bonchev–Trinajstić information content (AvgIpc) is 2.09. The van der Waals surface area contributed by atoms with Crippen LogP contribution in [-0.4, -0.2) is 23.5 Å². The van der Waals surface area contributed by atoms with Gasteiger partial charge < -0.3 is 4.90 Å². The molecule has 2 heteroatoms. The van der Waals surface area contributed by atoms with Gasteiger partial charge in [0, 0.05) is 18.4 Å². The van der Waals surface area contributed by atoms with Gasteiger partial charge in [0.05, 0.1) is 0 Å². The lowest BCUT2D eigenvalue weighted by molar-refractivity contribution is 0.345. The van der Waals surface area contributed by atoms with E-state index >= 15 is 0 Å². The Balaban J connectivity index is 0. The van der Waals surface area contributed by atoms with E-state index in [1.165, 1.54) is 5.56 Å². The first-order valence-corrected chi connectivity index (χ1v) is 4.32. The summed E-state index contributed by atoms with van der Waals surface area (Å²) >= 11 is 0. The Morgan fingerprint density at radius 3 is 2.36 bits per heavy atom. The molecule has 1 rings (SSSR count). The Morgan fingerprint density at radius 1 is 1.29 bits per heavy atom. The Kier molecular flexibility index (Phi) is 8.35. The lowest BCUT2D eigenvalue weighted by atomic mass is 10.2. The molecule has 0 aliphatic carbocycles. The Morgan fingerprint density at radius 2 is 1.93 bits per heavy atom. The van der Waals surface area contributed by atoms with Crippen LogP contribution in [0.1, 0.15) is 33.0 Å². The highest BCUT2D eigenvalue weighted by Crippen LogP contribution is 2.01. The second-order valence-electron chi connectivity index (χ2n) is 3.14. The van der Waals surface area contributed by atoms with Crippen molar-refractivity contribution in [3.05, 3.63) is 29.6 Å². The number of hydrogen-bond acceptors (Lipinski definition) is 2. The minimum Gasteiger partial charge on any atom is -0.302 e. The summed E-state index contributed by atoms with van der Waals surface area (Å²) in [5, 5.41) is 0. The van der Waals surface area contributed by atoms with Crippen molar-refractivity contribution in [3.8, 4) is 0 Å². The van der Waals surface area contributed by atoms with Crippen LogP contribution >= 0.6 is 0 Å². The summed E-state index contributed by atoms with van der Waals surface area (Å²) in [6.45, 7) is 6.23. The Labute approximate surface area is 89.0 Å². The third-order valence-corrected chi connectivity index (χ3v) is 1.96. The standard InChI is InChI=1S/C10H16N2.2CH4/c1-4-12(3)8-10-6-5-9(2)11-7-10;;/h5-7H,4,8H2,1-3H3;2*1H4. The molecule has 0 bridgehead atoms. The zero-order chi connectivity index (χ0) is 8.97. The molecule has 82 valence electrons. The predicted octanol–water partition coefficient (Wildman–Crippen LogP) is 3.11. The summed E-state index contributed by atoms with van der Waals surface area (Å²) in [6, 6.07) is 4.19. The van der Waals surface area contributed by atoms with E-state index in [-0.39, 0.29) is 14.9 Å². The van der Waals surface area contributed by atoms with Crippen molar-refractivity contribution in [2.75, 3.05) is 13.6 Å². The van der Waals surface area contributed by atoms with E-state index in [1.54, 1.807) is 0 Å². The molecule has 0 radical (unpaired) electrons. The quantitative estimate of drug-likeness (QED) is 0.738. The molecule has 0 N–H and O–H groups in total. The third-order valence-electron chi connectivity index (χ3n) is 1.96. The van der Waals surface area contributed by atoms with Crippen molar-refractivity contribution >= 4 is 0 Å². The Hall–Kier alpha value is -0.890. The van der Waals surface area contributed by atoms with Crippen molar-refractivity contribution in [2.45, 2.75) is 35.2 Å². The molecule has 0 fully saturated rings. The highest BCUT2D eigenvalue weighted by molar-refractivity contribution is 5.12. The highest BCUT2D eigenvalue weighted by atomic mass is 15.1. The van der Waals surface area contributed by atoms with Gasteiger partial charge in [-0.15, -0.1) is 0 Å². The monoisotopic (exact) mass is 196 g/mol. The normalized spacial score (nSPS) is 9.14. The molecule has 0 atom stereocenters. The van der Waals surface area contributed by atoms with Crippen LogP contribution < -0.4 is 0 Å². The number of nitrogens with zero attached hydrogens (tertiary/aromatic N) is 2. The lowest BCUT2D eigenvalue weighted by Crippen LogP contribution is -2.16. The first-order chi connectivity index (χ1) is 5.72. The van der Waals surface area contributed by atoms with Crippen molar-refractivity contribution in [2.24, 2.45) is 0 Å². The van der Waals surface area contributed by atoms with Gasteiger partial charge >= 0.3 is 0 Å². The van der Waals surface area contributed by atoms with Gasteiger partial charge in [0.2, 0.25) is 0 Å². The van der Waals surface area contributed by atoms with Crippen LogP contribution in [0.5, 0.6) is 0 Å². The summed E-state index contributed by atoms with van der Waals surface area (Å²) < 4.78 is 0. The van der Waals surface area contributed by atoms with E-state index in [1.807, 2.05) is 13.1 Å². The molecule has 0 unspecified atom stereocenters. The average molecular weight is 196 g/mol. The first kappa shape index (κ1) is 15.6. The second kappa shape index (κ2) is 7.51. The van der Waals surface area contributed by atoms with Crippen LogP contribution in [0.25, 0.3) is 0 Å². The molecule has 0 aromatic carbocycles. The van der Waals surface area contributed by atoms with Gasteiger partial charge in [-0.3, -0.25) is 4.98 Å². The van der Waals surface area contributed by atoms with Gasteiger partial charge in [-0.25, -0.2) is 0 Å². The summed E-state index contributed by atoms with van der Waals surface area (Å²) in [5.41, 5.74) is 2.36. The van der Waals surface area contributed by atoms with Gasteiger partial charge in [-0.2, -0.15) is 0 Å². The molecule has 0 saturated heterocycles. The van der Waals surface area contributed by atoms with E-state index in [2.05, 4.69) is 36.0 Å². The fourth-order valence-corrected chi connectivity index (χ4v) is 1.02. The maximum atomic E-state index is 4.24. The van der Waals surface area contributed by atoms with E-state index in [0.717, 1.165) is 18.8 Å². The number of hydrogen-bond donors (Lipinski definition) is 0. The molecule has 0 aliphatic heterocycles. The van der Waals surface area contributed by atoms with Crippen LogP contribution in [0, 0.1) is 6.92 Å². The van der Waals surface area contributed by atoms with Crippen molar-refractivity contribution in [1.82, 2.24) is 9.88 Å². The van der Waals surface area contributed by atoms with Gasteiger partial charge in [-0.05, 0) is 32.1 Å². The number of rotatable bonds is 3. The molecular formula is C12H24N2. The smallest absolute Gasteiger partial charge is 0.0372 e. The van der Waals surface area contributed by atoms with E-state index in [0.29, 0.717) is 0 Å². The van der Waals surface area contributed by atoms with Crippen LogP contribution in [0.3, 0.4) is 0 Å². The fraction of sp³-hybridized carbons (Fsp3) is 0.583. The zero-order valence-corrected chi connectivity index (χ0v) is 8.04. The minimum atomic E-state index is 0. The van der Waals surface area contributed by atoms with Gasteiger partial charge in [0.1, 0.15) is 0 Å². The fourth-order valence-electron chi connectivity index (χ4n) is 1.02. The maximum Gasteiger partial charge on any atom is 0.0372 e. The van der Waals surface area contributed by atoms with Crippen molar-refractivity contribution < 1.29 is 0 Å². The molecule has 1 aromatic heterocycles. The molecule has 0 saturated carbocycles. The van der Waals surface area contributed by atoms with Crippen molar-refractivity contribution in [1.29, 1.82) is 0 Å². The largest absolute Gasteiger partial charge is 0.302 e. The number of aryl methyl sites for hydroxylation is 1. The summed E-state index contributed by atoms with van der Waals surface area (Å²) in [7, 11) is 2.11. The zero-order valence-electron chi connectivity index (χ0n) is 8.04. The molecule has 1 heterocycles. The number of aromatic nitrogens is 1. The lowest BCUT2D eigenvalue weighted by Gasteiger charge is -2.12. The van der Waals surface area contributed by atoms with Crippen molar-refractivity contribution in [3.63, 3.8) is 0 Å². The molecule has 2 nitrogen and oxygen atoms in total. The third kappa shape index (κ3) is 4.97. The molecule has 1 aromatic rings. The second-order valence-corrected chi connectivity index (χ2v) is 3.14. The van der Waals surface area contributed by atoms with Crippen LogP contribution in [-0.2, 0) is 6.54 Å². The predicted molar refractivity (Wildman–Crippen MR) is 64.4 cm³/mol. The van der Waals surface area contributed by atoms with Crippen LogP contribution in [0.4, 0.5) is 0 Å². The molecule has 0 amide bonds. The van der Waals surface area contributed by atoms with E-state index in [9.17, 15) is 0 Å². The maximum absolute atomic E-state index is 4.24. The summed E-state index contributed by atoms with van der Waals surface area (Å²) in [6.07, 6.45) is 1.95. The molecule has 14 heavy (non-hydrogen) atoms. The van der Waals surface area contributed by atoms with Crippen LogP contribution in [0.2, 0.25) is 0 Å². The first-order valence-electron chi connectivity index (χ1n) is 4.32. The van der Waals surface area contributed by atoms with E-state index in [4.69, 9.17) is 0 Å². The molecular weight excluding hydrogens is 172 g/mol. The van der Waals surface area contributed by atoms with Gasteiger partial charge in [-0.1, -0.05) is 27.8 Å². The van der Waals surface area contributed by atoms with Crippen LogP contribution in [0.15, 0.2) is 18.3 Å². The van der Waals surface area contributed by atoms with Gasteiger partial charge in [0.15, 0.2) is 0 Å². The topological polar surface area (TPSA) is 16.1 Å². The van der Waals surface area contributed by atoms with Gasteiger partial charge in [0.25, 0.3) is 0 Å². The summed E-state index contributed by atoms with van der Waals surface area (Å²) in [5.74, 6) is 0. The summed E-state index contributed by atoms with van der Waals surface area (Å²) in [4.78, 5) is 6.50. The highest BCUT2D eigenvalue weighted by Gasteiger charge is 1.96. The molecule has 0 spiro atoms. The number of pyridine rings is 1. The van der Waals surface area contributed by atoms with E-state index < -0.39 is 0 Å². The Bertz CT molecular complexity index is 229. The molecule has 0 aliphatic rings. The minimum absolute atomic E-state index is 0.